The van der Waals surface area contributed by atoms with Gasteiger partial charge < -0.3 is 56.6 Å². The van der Waals surface area contributed by atoms with Crippen molar-refractivity contribution in [1.82, 2.24) is 0 Å². The van der Waals surface area contributed by atoms with Crippen LogP contribution in [0.4, 0.5) is 0 Å². The summed E-state index contributed by atoms with van der Waals surface area (Å²) in [6.45, 7) is 6.55. The molecule has 12 nitrogen and oxygen atoms in total. The lowest BCUT2D eigenvalue weighted by atomic mass is 9.68. The first-order valence-electron chi connectivity index (χ1n) is 29.8. The maximum Gasteiger partial charge on any atom is 0.642 e. The Labute approximate surface area is 520 Å². The molecule has 0 aromatic heterocycles. The highest BCUT2D eigenvalue weighted by molar-refractivity contribution is 6.37. The minimum Gasteiger partial charge on any atom is -0.497 e. The van der Waals surface area contributed by atoms with Crippen molar-refractivity contribution < 1.29 is 56.6 Å². The molecule has 0 saturated heterocycles. The van der Waals surface area contributed by atoms with Gasteiger partial charge in [-0.2, -0.15) is 0 Å². The van der Waals surface area contributed by atoms with Crippen molar-refractivity contribution in [3.8, 4) is 51.7 Å². The average molecular weight is 1190 g/mol. The van der Waals surface area contributed by atoms with Crippen molar-refractivity contribution in [1.29, 1.82) is 0 Å². The molecule has 3 unspecified atom stereocenters. The summed E-state index contributed by atoms with van der Waals surface area (Å²) in [7, 11) is 13.4. The van der Waals surface area contributed by atoms with E-state index in [1.54, 1.807) is 64.0 Å². The van der Waals surface area contributed by atoms with E-state index in [0.717, 1.165) is 50.1 Å². The number of hydrogen-bond donors (Lipinski definition) is 0. The van der Waals surface area contributed by atoms with Crippen LogP contribution in [0.15, 0.2) is 218 Å². The van der Waals surface area contributed by atoms with Crippen molar-refractivity contribution in [2.75, 3.05) is 64.0 Å². The van der Waals surface area contributed by atoms with E-state index in [4.69, 9.17) is 56.6 Å². The van der Waals surface area contributed by atoms with Crippen LogP contribution in [0.2, 0.25) is 0 Å². The molecule has 0 aliphatic carbocycles. The van der Waals surface area contributed by atoms with Crippen LogP contribution in [-0.2, 0) is 30.8 Å². The molecule has 0 bridgehead atoms. The van der Waals surface area contributed by atoms with Gasteiger partial charge in [0.25, 0.3) is 0 Å². The van der Waals surface area contributed by atoms with Crippen molar-refractivity contribution in [3.63, 3.8) is 0 Å². The Morgan fingerprint density at radius 1 is 0.227 bits per heavy atom. The number of benzene rings is 9. The van der Waals surface area contributed by atoms with Gasteiger partial charge in [-0.1, -0.05) is 130 Å². The molecule has 0 saturated carbocycles. The van der Waals surface area contributed by atoms with E-state index in [-0.39, 0.29) is 0 Å². The van der Waals surface area contributed by atoms with Crippen LogP contribution in [0.1, 0.15) is 108 Å². The minimum absolute atomic E-state index is 0.463. The zero-order valence-electron chi connectivity index (χ0n) is 52.6. The Balaban J connectivity index is 1.49. The molecule has 13 heteroatoms. The van der Waals surface area contributed by atoms with E-state index in [2.05, 4.69) is 130 Å². The quantitative estimate of drug-likeness (QED) is 0.0400. The van der Waals surface area contributed by atoms with Gasteiger partial charge in [0.05, 0.1) is 64.0 Å². The summed E-state index contributed by atoms with van der Waals surface area (Å²) in [6.07, 6.45) is 1.69. The van der Waals surface area contributed by atoms with Crippen LogP contribution in [-0.4, -0.2) is 71.3 Å². The SMILES string of the molecule is CCC(c1ccc(OC)cc1)C(OB(OC(c1ccc(OC)cc1)(c1ccc(OC)cc1)C(CC)c1ccc(OC)cc1)OC(c1ccc(OC)cc1)(c1ccc(OC)cc1)C(CC)c1ccc(OC)cc1)(c1ccc(OC)cc1)c1ccc(OC)cc1. The lowest BCUT2D eigenvalue weighted by molar-refractivity contribution is -0.0879. The summed E-state index contributed by atoms with van der Waals surface area (Å²) in [4.78, 5) is 0. The van der Waals surface area contributed by atoms with Crippen LogP contribution < -0.4 is 42.6 Å². The molecule has 0 fully saturated rings. The van der Waals surface area contributed by atoms with E-state index >= 15 is 0 Å². The monoisotopic (exact) mass is 1180 g/mol. The van der Waals surface area contributed by atoms with Crippen LogP contribution in [0.3, 0.4) is 0 Å². The van der Waals surface area contributed by atoms with Gasteiger partial charge in [0.2, 0.25) is 0 Å². The number of rotatable bonds is 30. The normalized spacial score (nSPS) is 12.7. The topological polar surface area (TPSA) is 111 Å². The van der Waals surface area contributed by atoms with Crippen molar-refractivity contribution in [2.45, 2.75) is 74.6 Å². The Morgan fingerprint density at radius 2 is 0.364 bits per heavy atom. The average Bonchev–Trinajstić information content (AvgIpc) is 0.848. The first kappa shape index (κ1) is 63.6. The summed E-state index contributed by atoms with van der Waals surface area (Å²) in [5.74, 6) is 4.75. The third kappa shape index (κ3) is 12.9. The Bertz CT molecular complexity index is 3040. The second-order valence-electron chi connectivity index (χ2n) is 21.4. The van der Waals surface area contributed by atoms with Crippen LogP contribution in [0, 0.1) is 0 Å². The van der Waals surface area contributed by atoms with Gasteiger partial charge in [0.1, 0.15) is 68.5 Å². The first-order chi connectivity index (χ1) is 43.0. The highest BCUT2D eigenvalue weighted by atomic mass is 16.8. The third-order valence-electron chi connectivity index (χ3n) is 17.2. The summed E-state index contributed by atoms with van der Waals surface area (Å²) in [6, 6.07) is 73.2. The van der Waals surface area contributed by atoms with Crippen molar-refractivity contribution in [3.05, 3.63) is 268 Å². The molecule has 0 aliphatic rings. The summed E-state index contributed by atoms with van der Waals surface area (Å²) < 4.78 is 78.8. The molecular weight excluding hydrogens is 1100 g/mol. The predicted molar refractivity (Wildman–Crippen MR) is 347 cm³/mol. The van der Waals surface area contributed by atoms with Crippen molar-refractivity contribution in [2.24, 2.45) is 0 Å². The van der Waals surface area contributed by atoms with Gasteiger partial charge in [0, 0.05) is 17.8 Å². The lowest BCUT2D eigenvalue weighted by Gasteiger charge is -2.50. The predicted octanol–water partition coefficient (Wildman–Crippen LogP) is 16.5. The highest BCUT2D eigenvalue weighted by Crippen LogP contribution is 2.56. The molecule has 9 aromatic rings. The van der Waals surface area contributed by atoms with E-state index < -0.39 is 41.9 Å². The van der Waals surface area contributed by atoms with Gasteiger partial charge in [-0.05, 0) is 179 Å². The molecule has 3 atom stereocenters. The standard InChI is InChI=1S/C75H81BO12/c1-13-70(52-16-34-61(77-4)35-17-52)73(55-22-40-64(80-7)41-23-55,56-24-42-65(81-8)43-25-56)86-76(87-74(57-26-44-66(82-9)45-27-57,58-28-46-67(83-10)47-29-58)71(14-2)53-18-36-62(78-5)37-19-53)88-75(59-30-48-68(84-11)49-31-59,60-32-50-69(85-12)51-33-60)72(15-3)54-20-38-63(79-6)39-21-54/h16-51,70-72H,13-15H2,1-12H3. The summed E-state index contributed by atoms with van der Waals surface area (Å²) >= 11 is 0. The first-order valence-corrected chi connectivity index (χ1v) is 29.8. The van der Waals surface area contributed by atoms with Gasteiger partial charge in [-0.15, -0.1) is 0 Å². The fourth-order valence-electron chi connectivity index (χ4n) is 12.7. The number of methoxy groups -OCH3 is 9. The molecule has 9 aromatic carbocycles. The van der Waals surface area contributed by atoms with E-state index in [9.17, 15) is 0 Å². The van der Waals surface area contributed by atoms with E-state index in [0.29, 0.717) is 71.0 Å². The maximum atomic E-state index is 8.64. The zero-order chi connectivity index (χ0) is 62.3. The fraction of sp³-hybridized carbons (Fsp3) is 0.280. The number of hydrogen-bond acceptors (Lipinski definition) is 12. The summed E-state index contributed by atoms with van der Waals surface area (Å²) in [5.41, 5.74) is 3.23. The molecule has 88 heavy (non-hydrogen) atoms. The fourth-order valence-corrected chi connectivity index (χ4v) is 12.7. The minimum atomic E-state index is -1.65. The molecule has 0 amide bonds. The lowest BCUT2D eigenvalue weighted by Crippen LogP contribution is -2.54. The molecule has 0 radical (unpaired) electrons. The molecular formula is C75H81BO12. The molecule has 0 spiro atoms. The molecule has 9 rings (SSSR count). The molecule has 456 valence electrons. The third-order valence-corrected chi connectivity index (χ3v) is 17.2. The van der Waals surface area contributed by atoms with Gasteiger partial charge in [-0.3, -0.25) is 0 Å². The van der Waals surface area contributed by atoms with E-state index in [1.807, 2.05) is 109 Å². The largest absolute Gasteiger partial charge is 0.642 e. The highest BCUT2D eigenvalue weighted by Gasteiger charge is 2.57. The van der Waals surface area contributed by atoms with Crippen LogP contribution in [0.25, 0.3) is 0 Å². The maximum absolute atomic E-state index is 8.64. The van der Waals surface area contributed by atoms with Gasteiger partial charge in [0.15, 0.2) is 0 Å². The van der Waals surface area contributed by atoms with Crippen LogP contribution >= 0.6 is 0 Å². The molecule has 0 heterocycles. The number of ether oxygens (including phenoxy) is 9. The summed E-state index contributed by atoms with van der Waals surface area (Å²) in [5, 5.41) is 0. The van der Waals surface area contributed by atoms with Crippen molar-refractivity contribution >= 4 is 7.32 Å². The molecule has 0 aliphatic heterocycles. The second kappa shape index (κ2) is 29.2. The van der Waals surface area contributed by atoms with E-state index in [1.165, 1.54) is 0 Å². The molecule has 0 N–H and O–H groups in total. The van der Waals surface area contributed by atoms with Gasteiger partial charge in [-0.25, -0.2) is 0 Å². The Hall–Kier alpha value is -8.88. The Kier molecular flexibility index (Phi) is 21.1. The smallest absolute Gasteiger partial charge is 0.497 e. The van der Waals surface area contributed by atoms with Crippen LogP contribution in [0.5, 0.6) is 51.7 Å². The van der Waals surface area contributed by atoms with Gasteiger partial charge >= 0.3 is 7.32 Å². The second-order valence-corrected chi connectivity index (χ2v) is 21.4. The Morgan fingerprint density at radius 3 is 0.489 bits per heavy atom. The zero-order valence-corrected chi connectivity index (χ0v) is 52.6.